The number of rotatable bonds is 11. The van der Waals surface area contributed by atoms with E-state index in [-0.39, 0.29) is 55.0 Å². The van der Waals surface area contributed by atoms with Crippen molar-refractivity contribution < 1.29 is 89.4 Å². The van der Waals surface area contributed by atoms with Crippen LogP contribution in [0.4, 0.5) is 0 Å². The molecule has 0 aromatic carbocycles. The quantitative estimate of drug-likeness (QED) is 0.0429. The summed E-state index contributed by atoms with van der Waals surface area (Å²) in [5.74, 6) is 0.117. The Kier molecular flexibility index (Phi) is 14.7. The molecule has 0 unspecified atom stereocenters. The Bertz CT molecular complexity index is 589. The average molecular weight is 510 g/mol. The molecule has 0 aliphatic carbocycles. The van der Waals surface area contributed by atoms with Gasteiger partial charge in [0.1, 0.15) is 48.8 Å². The molecule has 2 saturated heterocycles. The van der Waals surface area contributed by atoms with Crippen LogP contribution in [0.15, 0.2) is 4.99 Å². The molecule has 0 spiro atoms. The first-order valence-corrected chi connectivity index (χ1v) is 10.9. The number of aliphatic hydroxyl groups excluding tert-OH is 7. The number of ether oxygens (including phenoxy) is 4. The summed E-state index contributed by atoms with van der Waals surface area (Å²) in [5, 5.41) is 80.9. The van der Waals surface area contributed by atoms with Crippen LogP contribution in [0.2, 0.25) is 0 Å². The van der Waals surface area contributed by atoms with E-state index < -0.39 is 74.6 Å². The van der Waals surface area contributed by atoms with E-state index in [1.54, 1.807) is 0 Å². The van der Waals surface area contributed by atoms with Gasteiger partial charge >= 0.3 is 29.6 Å². The minimum Gasteiger partial charge on any atom is -0.862 e. The first kappa shape index (κ1) is 31.4. The molecule has 0 saturated carbocycles. The maximum atomic E-state index is 11.3. The summed E-state index contributed by atoms with van der Waals surface area (Å²) in [6, 6.07) is 0. The Hall–Kier alpha value is 0.380. The molecule has 2 fully saturated rings. The van der Waals surface area contributed by atoms with Crippen molar-refractivity contribution in [1.82, 2.24) is 0 Å². The Labute approximate surface area is 218 Å². The van der Waals surface area contributed by atoms with Gasteiger partial charge in [0.25, 0.3) is 0 Å². The van der Waals surface area contributed by atoms with E-state index in [2.05, 4.69) is 17.6 Å². The summed E-state index contributed by atoms with van der Waals surface area (Å²) >= 11 is 3.94. The SMILES string of the molecule is [Na+].[O-]C(CCS)=NCCCO[C@@H]1O[C@H](CO)[C@@H](O[C@@H]2O[C@H](CO)[C@H](O)[C@H](O)[C@H]2O)[C@H](O)[C@H]1O. The van der Waals surface area contributed by atoms with Gasteiger partial charge in [0.05, 0.1) is 19.8 Å². The van der Waals surface area contributed by atoms with Gasteiger partial charge in [-0.1, -0.05) is 0 Å². The molecule has 2 rings (SSSR count). The van der Waals surface area contributed by atoms with E-state index in [0.717, 1.165) is 0 Å². The fraction of sp³-hybridized carbons (Fsp3) is 0.944. The van der Waals surface area contributed by atoms with E-state index in [4.69, 9.17) is 18.9 Å². The first-order chi connectivity index (χ1) is 15.2. The van der Waals surface area contributed by atoms with Crippen molar-refractivity contribution in [2.24, 2.45) is 4.99 Å². The smallest absolute Gasteiger partial charge is 0.862 e. The zero-order chi connectivity index (χ0) is 23.8. The molecule has 2 aliphatic rings. The predicted octanol–water partition coefficient (Wildman–Crippen LogP) is -7.90. The monoisotopic (exact) mass is 509 g/mol. The van der Waals surface area contributed by atoms with Crippen molar-refractivity contribution in [3.8, 4) is 0 Å². The molecule has 2 heterocycles. The fourth-order valence-electron chi connectivity index (χ4n) is 3.34. The molecule has 2 aliphatic heterocycles. The minimum absolute atomic E-state index is 0. The van der Waals surface area contributed by atoms with Crippen molar-refractivity contribution >= 4 is 18.5 Å². The second kappa shape index (κ2) is 15.5. The van der Waals surface area contributed by atoms with Crippen LogP contribution in [0.25, 0.3) is 0 Å². The van der Waals surface area contributed by atoms with Gasteiger partial charge in [-0.05, 0) is 24.5 Å². The van der Waals surface area contributed by atoms with E-state index in [1.807, 2.05) is 0 Å². The number of hydrogen-bond acceptors (Lipinski definition) is 14. The van der Waals surface area contributed by atoms with Gasteiger partial charge in [0, 0.05) is 6.54 Å². The standard InChI is InChI=1S/C18H33NO12S.Na/c20-6-8-11(23)12(24)14(26)18(29-8)31-16-9(7-21)30-17(15(27)13(16)25)28-4-1-3-19-10(22)2-5-32;/h8-9,11-18,20-21,23-27,32H,1-7H2,(H,19,22);/q;+1/p-1/t8-,9-,11+,12+,13-,14-,15-,16-,17-,18+;/m1./s1. The van der Waals surface area contributed by atoms with Crippen LogP contribution in [-0.2, 0) is 18.9 Å². The molecule has 13 nitrogen and oxygen atoms in total. The van der Waals surface area contributed by atoms with E-state index in [0.29, 0.717) is 12.2 Å². The van der Waals surface area contributed by atoms with Crippen molar-refractivity contribution in [3.05, 3.63) is 0 Å². The molecule has 0 aromatic heterocycles. The van der Waals surface area contributed by atoms with Gasteiger partial charge in [-0.3, -0.25) is 0 Å². The molecule has 0 amide bonds. The van der Waals surface area contributed by atoms with Gasteiger partial charge in [0.15, 0.2) is 12.6 Å². The van der Waals surface area contributed by atoms with Gasteiger partial charge < -0.3 is 64.8 Å². The summed E-state index contributed by atoms with van der Waals surface area (Å²) < 4.78 is 21.5. The Morgan fingerprint density at radius 1 is 0.879 bits per heavy atom. The Balaban J connectivity index is 0.00000544. The molecule has 0 aromatic rings. The molecule has 188 valence electrons. The van der Waals surface area contributed by atoms with Crippen LogP contribution in [0, 0.1) is 0 Å². The Morgan fingerprint density at radius 3 is 2.09 bits per heavy atom. The van der Waals surface area contributed by atoms with Gasteiger partial charge in [-0.2, -0.15) is 12.6 Å². The maximum Gasteiger partial charge on any atom is 1.00 e. The maximum absolute atomic E-state index is 11.3. The van der Waals surface area contributed by atoms with Crippen LogP contribution < -0.4 is 34.7 Å². The number of thiol groups is 1. The van der Waals surface area contributed by atoms with Crippen LogP contribution in [0.5, 0.6) is 0 Å². The van der Waals surface area contributed by atoms with Crippen LogP contribution in [0.3, 0.4) is 0 Å². The van der Waals surface area contributed by atoms with Crippen molar-refractivity contribution in [3.63, 3.8) is 0 Å². The Morgan fingerprint density at radius 2 is 1.48 bits per heavy atom. The molecule has 0 bridgehead atoms. The topological polar surface area (TPSA) is 214 Å². The van der Waals surface area contributed by atoms with Crippen LogP contribution in [-0.4, -0.2) is 135 Å². The largest absolute Gasteiger partial charge is 1.00 e. The average Bonchev–Trinajstić information content (AvgIpc) is 2.78. The normalized spacial score (nSPS) is 39.8. The molecular formula is C18H32NNaO12S. The molecule has 15 heteroatoms. The third-order valence-corrected chi connectivity index (χ3v) is 5.38. The number of nitrogens with zero attached hydrogens (tertiary/aromatic N) is 1. The van der Waals surface area contributed by atoms with E-state index >= 15 is 0 Å². The third-order valence-electron chi connectivity index (χ3n) is 5.16. The summed E-state index contributed by atoms with van der Waals surface area (Å²) in [6.07, 6.45) is -14.4. The predicted molar refractivity (Wildman–Crippen MR) is 108 cm³/mol. The van der Waals surface area contributed by atoms with Gasteiger partial charge in [0.2, 0.25) is 0 Å². The summed E-state index contributed by atoms with van der Waals surface area (Å²) in [4.78, 5) is 3.80. The summed E-state index contributed by atoms with van der Waals surface area (Å²) in [5.41, 5.74) is 0. The van der Waals surface area contributed by atoms with E-state index in [9.17, 15) is 40.9 Å². The minimum atomic E-state index is -1.74. The molecule has 33 heavy (non-hydrogen) atoms. The zero-order valence-electron chi connectivity index (χ0n) is 18.3. The summed E-state index contributed by atoms with van der Waals surface area (Å²) in [7, 11) is 0. The second-order valence-corrected chi connectivity index (χ2v) is 7.93. The summed E-state index contributed by atoms with van der Waals surface area (Å²) in [6.45, 7) is -1.09. The van der Waals surface area contributed by atoms with Crippen LogP contribution >= 0.6 is 12.6 Å². The van der Waals surface area contributed by atoms with Crippen molar-refractivity contribution in [2.45, 2.75) is 74.3 Å². The third kappa shape index (κ3) is 8.48. The zero-order valence-corrected chi connectivity index (χ0v) is 21.2. The van der Waals surface area contributed by atoms with Crippen molar-refractivity contribution in [1.29, 1.82) is 0 Å². The van der Waals surface area contributed by atoms with Crippen LogP contribution in [0.1, 0.15) is 12.8 Å². The van der Waals surface area contributed by atoms with Gasteiger partial charge in [-0.25, -0.2) is 0 Å². The van der Waals surface area contributed by atoms with E-state index in [1.165, 1.54) is 0 Å². The fourth-order valence-corrected chi connectivity index (χ4v) is 3.53. The number of aliphatic hydroxyl groups is 7. The van der Waals surface area contributed by atoms with Gasteiger partial charge in [-0.15, -0.1) is 0 Å². The number of hydrogen-bond donors (Lipinski definition) is 8. The number of aliphatic imine (C=N–C) groups is 1. The first-order valence-electron chi connectivity index (χ1n) is 10.3. The second-order valence-electron chi connectivity index (χ2n) is 7.48. The van der Waals surface area contributed by atoms with Crippen molar-refractivity contribution in [2.75, 3.05) is 32.1 Å². The molecule has 7 N–H and O–H groups in total. The molecule has 0 radical (unpaired) electrons. The molecule has 10 atom stereocenters. The molecular weight excluding hydrogens is 477 g/mol.